The second kappa shape index (κ2) is 12.4. The second-order valence-corrected chi connectivity index (χ2v) is 11.0. The number of urea groups is 1. The minimum atomic E-state index is -0.991. The van der Waals surface area contributed by atoms with Gasteiger partial charge in [-0.05, 0) is 58.0 Å². The van der Waals surface area contributed by atoms with Crippen LogP contribution in [-0.2, 0) is 11.2 Å². The van der Waals surface area contributed by atoms with Crippen molar-refractivity contribution in [3.05, 3.63) is 105 Å². The van der Waals surface area contributed by atoms with E-state index in [0.29, 0.717) is 34.3 Å². The molecule has 1 fully saturated rings. The first kappa shape index (κ1) is 28.1. The monoisotopic (exact) mass is 672 g/mol. The highest BCUT2D eigenvalue weighted by molar-refractivity contribution is 14.1. The first-order chi connectivity index (χ1) is 19.3. The fourth-order valence-electron chi connectivity index (χ4n) is 4.51. The Hall–Kier alpha value is -3.45. The quantitative estimate of drug-likeness (QED) is 0.144. The van der Waals surface area contributed by atoms with Gasteiger partial charge < -0.3 is 25.3 Å². The third-order valence-electron chi connectivity index (χ3n) is 6.55. The van der Waals surface area contributed by atoms with Gasteiger partial charge in [-0.2, -0.15) is 0 Å². The number of aliphatic hydroxyl groups is 2. The van der Waals surface area contributed by atoms with Crippen LogP contribution in [0, 0.1) is 3.57 Å². The molecule has 40 heavy (non-hydrogen) atoms. The van der Waals surface area contributed by atoms with Crippen LogP contribution in [0.25, 0.3) is 11.3 Å². The van der Waals surface area contributed by atoms with Crippen molar-refractivity contribution in [3.8, 4) is 17.0 Å². The zero-order chi connectivity index (χ0) is 28.2. The van der Waals surface area contributed by atoms with Gasteiger partial charge in [0.2, 0.25) is 0 Å². The summed E-state index contributed by atoms with van der Waals surface area (Å²) in [5, 5.41) is 21.8. The summed E-state index contributed by atoms with van der Waals surface area (Å²) in [4.78, 5) is 36.1. The molecule has 3 aromatic carbocycles. The second-order valence-electron chi connectivity index (χ2n) is 9.32. The highest BCUT2D eigenvalue weighted by atomic mass is 127. The molecule has 4 N–H and O–H groups in total. The molecule has 0 radical (unpaired) electrons. The molecule has 206 valence electrons. The summed E-state index contributed by atoms with van der Waals surface area (Å²) in [7, 11) is 0. The van der Waals surface area contributed by atoms with Crippen LogP contribution in [0.5, 0.6) is 5.75 Å². The third kappa shape index (κ3) is 6.15. The number of aliphatic hydroxyl groups excluding tert-OH is 2. The number of aromatic nitrogens is 2. The molecule has 4 aromatic rings. The molecule has 0 aliphatic carbocycles. The van der Waals surface area contributed by atoms with Crippen LogP contribution in [0.1, 0.15) is 29.0 Å². The number of nitrogens with zero attached hydrogens (tertiary/aromatic N) is 2. The molecule has 1 aliphatic heterocycles. The SMILES string of the molecule is O=C1N[C@H](c2ccc(OC[C@H](O)CO)cc2)C(=O)N1C(Cc1ccccc1)c1ncc(-c2ccc(I)cc2Cl)[nH]1. The first-order valence-corrected chi connectivity index (χ1v) is 14.0. The maximum Gasteiger partial charge on any atom is 0.325 e. The predicted molar refractivity (Wildman–Crippen MR) is 158 cm³/mol. The number of rotatable bonds is 10. The zero-order valence-electron chi connectivity index (χ0n) is 21.1. The smallest absolute Gasteiger partial charge is 0.325 e. The number of benzene rings is 3. The lowest BCUT2D eigenvalue weighted by atomic mass is 10.0. The van der Waals surface area contributed by atoms with Gasteiger partial charge in [0.15, 0.2) is 0 Å². The summed E-state index contributed by atoms with van der Waals surface area (Å²) in [6.45, 7) is -0.474. The van der Waals surface area contributed by atoms with Gasteiger partial charge in [-0.3, -0.25) is 9.69 Å². The summed E-state index contributed by atoms with van der Waals surface area (Å²) in [5.41, 5.74) is 2.97. The number of amides is 3. The van der Waals surface area contributed by atoms with Crippen LogP contribution < -0.4 is 10.1 Å². The third-order valence-corrected chi connectivity index (χ3v) is 7.54. The molecule has 1 saturated heterocycles. The molecule has 3 amide bonds. The molecule has 11 heteroatoms. The minimum absolute atomic E-state index is 0.0670. The Morgan fingerprint density at radius 1 is 1.07 bits per heavy atom. The minimum Gasteiger partial charge on any atom is -0.491 e. The number of hydrogen-bond donors (Lipinski definition) is 4. The molecule has 0 saturated carbocycles. The van der Waals surface area contributed by atoms with Gasteiger partial charge in [0, 0.05) is 15.6 Å². The van der Waals surface area contributed by atoms with Crippen LogP contribution in [0.2, 0.25) is 5.02 Å². The van der Waals surface area contributed by atoms with E-state index in [0.717, 1.165) is 14.7 Å². The maximum atomic E-state index is 13.7. The Balaban J connectivity index is 1.42. The van der Waals surface area contributed by atoms with E-state index in [1.54, 1.807) is 30.5 Å². The number of carbonyl (C=O) groups is 2. The zero-order valence-corrected chi connectivity index (χ0v) is 24.0. The van der Waals surface area contributed by atoms with Crippen molar-refractivity contribution in [2.75, 3.05) is 13.2 Å². The Kier molecular flexibility index (Phi) is 8.69. The molecule has 3 atom stereocenters. The van der Waals surface area contributed by atoms with Crippen LogP contribution >= 0.6 is 34.2 Å². The standard InChI is InChI=1S/C29H26ClIN4O5/c30-23-13-19(31)8-11-22(23)24-14-32-27(33-24)25(12-17-4-2-1-3-5-17)35-28(38)26(34-29(35)39)18-6-9-21(10-7-18)40-16-20(37)15-36/h1-11,13-14,20,25-26,36-37H,12,15-16H2,(H,32,33)(H,34,39)/t20-,25?,26-/m1/s1. The summed E-state index contributed by atoms with van der Waals surface area (Å²) in [6, 6.07) is 19.8. The maximum absolute atomic E-state index is 13.7. The van der Waals surface area contributed by atoms with Gasteiger partial charge in [0.25, 0.3) is 5.91 Å². The van der Waals surface area contributed by atoms with Gasteiger partial charge in [0.05, 0.1) is 23.5 Å². The lowest BCUT2D eigenvalue weighted by molar-refractivity contribution is -0.129. The highest BCUT2D eigenvalue weighted by Gasteiger charge is 2.44. The predicted octanol–water partition coefficient (Wildman–Crippen LogP) is 4.64. The number of carbonyl (C=O) groups excluding carboxylic acids is 2. The Morgan fingerprint density at radius 3 is 2.52 bits per heavy atom. The van der Waals surface area contributed by atoms with Crippen LogP contribution in [0.4, 0.5) is 4.79 Å². The van der Waals surface area contributed by atoms with Gasteiger partial charge in [-0.25, -0.2) is 9.78 Å². The average Bonchev–Trinajstić information content (AvgIpc) is 3.55. The van der Waals surface area contributed by atoms with Gasteiger partial charge >= 0.3 is 6.03 Å². The Morgan fingerprint density at radius 2 is 1.82 bits per heavy atom. The molecule has 2 heterocycles. The van der Waals surface area contributed by atoms with E-state index < -0.39 is 36.7 Å². The number of aromatic amines is 1. The van der Waals surface area contributed by atoms with Crippen molar-refractivity contribution in [2.24, 2.45) is 0 Å². The molecule has 1 aliphatic rings. The number of halogens is 2. The Bertz CT molecular complexity index is 1500. The molecule has 0 bridgehead atoms. The van der Waals surface area contributed by atoms with E-state index in [9.17, 15) is 14.7 Å². The number of imide groups is 1. The lowest BCUT2D eigenvalue weighted by Crippen LogP contribution is -2.36. The molecule has 5 rings (SSSR count). The summed E-state index contributed by atoms with van der Waals surface area (Å²) in [6.07, 6.45) is 1.03. The van der Waals surface area contributed by atoms with Crippen LogP contribution in [0.15, 0.2) is 79.0 Å². The van der Waals surface area contributed by atoms with Crippen LogP contribution in [-0.4, -0.2) is 56.3 Å². The average molecular weight is 673 g/mol. The van der Waals surface area contributed by atoms with E-state index in [1.807, 2.05) is 48.5 Å². The van der Waals surface area contributed by atoms with Crippen LogP contribution in [0.3, 0.4) is 0 Å². The van der Waals surface area contributed by atoms with Crippen molar-refractivity contribution in [3.63, 3.8) is 0 Å². The van der Waals surface area contributed by atoms with Crippen molar-refractivity contribution >= 4 is 46.1 Å². The largest absolute Gasteiger partial charge is 0.491 e. The van der Waals surface area contributed by atoms with Crippen molar-refractivity contribution in [1.82, 2.24) is 20.2 Å². The normalized spacial score (nSPS) is 16.6. The molecular weight excluding hydrogens is 647 g/mol. The Labute approximate surface area is 249 Å². The van der Waals surface area contributed by atoms with E-state index in [-0.39, 0.29) is 6.61 Å². The lowest BCUT2D eigenvalue weighted by Gasteiger charge is -2.24. The van der Waals surface area contributed by atoms with Crippen molar-refractivity contribution in [2.45, 2.75) is 24.6 Å². The van der Waals surface area contributed by atoms with E-state index in [1.165, 1.54) is 4.90 Å². The number of H-pyrrole nitrogens is 1. The summed E-state index contributed by atoms with van der Waals surface area (Å²) < 4.78 is 6.45. The molecule has 1 aromatic heterocycles. The molecule has 0 spiro atoms. The number of ether oxygens (including phenoxy) is 1. The number of nitrogens with one attached hydrogen (secondary N) is 2. The van der Waals surface area contributed by atoms with Gasteiger partial charge in [-0.15, -0.1) is 0 Å². The fourth-order valence-corrected chi connectivity index (χ4v) is 5.47. The number of imidazole rings is 1. The van der Waals surface area contributed by atoms with Gasteiger partial charge in [-0.1, -0.05) is 60.1 Å². The fraction of sp³-hybridized carbons (Fsp3) is 0.207. The highest BCUT2D eigenvalue weighted by Crippen LogP contribution is 2.34. The molecule has 1 unspecified atom stereocenters. The molecular formula is C29H26ClIN4O5. The van der Waals surface area contributed by atoms with E-state index in [2.05, 4.69) is 37.9 Å². The van der Waals surface area contributed by atoms with Crippen molar-refractivity contribution in [1.29, 1.82) is 0 Å². The summed E-state index contributed by atoms with van der Waals surface area (Å²) >= 11 is 8.67. The first-order valence-electron chi connectivity index (χ1n) is 12.5. The summed E-state index contributed by atoms with van der Waals surface area (Å²) in [5.74, 6) is 0.522. The van der Waals surface area contributed by atoms with Gasteiger partial charge in [0.1, 0.15) is 36.4 Å². The topological polar surface area (TPSA) is 128 Å². The van der Waals surface area contributed by atoms with Crippen molar-refractivity contribution < 1.29 is 24.5 Å². The number of hydrogen-bond acceptors (Lipinski definition) is 6. The van der Waals surface area contributed by atoms with E-state index in [4.69, 9.17) is 21.4 Å². The van der Waals surface area contributed by atoms with E-state index >= 15 is 0 Å². The molecule has 9 nitrogen and oxygen atoms in total.